The zero-order chi connectivity index (χ0) is 15.2. The number of ether oxygens (including phenoxy) is 1. The molecular weight excluding hydrogens is 308 g/mol. The summed E-state index contributed by atoms with van der Waals surface area (Å²) in [6.07, 6.45) is 4.66. The maximum atomic E-state index is 6.37. The van der Waals surface area contributed by atoms with Gasteiger partial charge in [-0.3, -0.25) is 4.68 Å². The minimum Gasteiger partial charge on any atom is -0.383 e. The lowest BCUT2D eigenvalue weighted by molar-refractivity contribution is 0.182. The smallest absolute Gasteiger partial charge is 0.0897 e. The van der Waals surface area contributed by atoms with E-state index in [0.717, 1.165) is 28.5 Å². The lowest BCUT2D eigenvalue weighted by Crippen LogP contribution is -2.26. The quantitative estimate of drug-likeness (QED) is 0.809. The molecule has 0 spiro atoms. The second-order valence-electron chi connectivity index (χ2n) is 4.76. The molecule has 0 saturated carbocycles. The van der Waals surface area contributed by atoms with E-state index in [-0.39, 0.29) is 6.04 Å². The minimum atomic E-state index is 0.0167. The number of rotatable bonds is 8. The van der Waals surface area contributed by atoms with Crippen LogP contribution in [0.3, 0.4) is 0 Å². The molecule has 21 heavy (non-hydrogen) atoms. The van der Waals surface area contributed by atoms with E-state index < -0.39 is 0 Å². The van der Waals surface area contributed by atoms with E-state index in [1.165, 1.54) is 0 Å². The van der Waals surface area contributed by atoms with Crippen molar-refractivity contribution >= 4 is 22.9 Å². The van der Waals surface area contributed by atoms with E-state index in [1.807, 2.05) is 17.8 Å². The number of aromatic nitrogens is 3. The van der Waals surface area contributed by atoms with Crippen LogP contribution in [0.15, 0.2) is 12.4 Å². The summed E-state index contributed by atoms with van der Waals surface area (Å²) in [5, 5.41) is 9.63. The van der Waals surface area contributed by atoms with Gasteiger partial charge in [0, 0.05) is 18.2 Å². The highest BCUT2D eigenvalue weighted by molar-refractivity contribution is 7.11. The highest BCUT2D eigenvalue weighted by Crippen LogP contribution is 2.31. The summed E-state index contributed by atoms with van der Waals surface area (Å²) < 4.78 is 7.06. The van der Waals surface area contributed by atoms with Crippen molar-refractivity contribution in [1.29, 1.82) is 0 Å². The number of hydrogen-bond donors (Lipinski definition) is 1. The van der Waals surface area contributed by atoms with Gasteiger partial charge in [0.1, 0.15) is 0 Å². The van der Waals surface area contributed by atoms with E-state index in [2.05, 4.69) is 22.3 Å². The number of thiazole rings is 1. The molecule has 0 amide bonds. The van der Waals surface area contributed by atoms with Gasteiger partial charge in [-0.15, -0.1) is 11.3 Å². The molecule has 1 N–H and O–H groups in total. The molecule has 116 valence electrons. The van der Waals surface area contributed by atoms with Gasteiger partial charge in [-0.1, -0.05) is 18.5 Å². The number of aryl methyl sites for hydroxylation is 1. The predicted octanol–water partition coefficient (Wildman–Crippen LogP) is 3.04. The Hall–Kier alpha value is -0.950. The molecule has 0 aliphatic heterocycles. The van der Waals surface area contributed by atoms with E-state index in [1.54, 1.807) is 24.6 Å². The van der Waals surface area contributed by atoms with Crippen LogP contribution >= 0.6 is 22.9 Å². The number of nitrogens with one attached hydrogen (secondary N) is 1. The van der Waals surface area contributed by atoms with Gasteiger partial charge in [0.2, 0.25) is 0 Å². The van der Waals surface area contributed by atoms with Crippen molar-refractivity contribution in [2.75, 3.05) is 20.3 Å². The van der Waals surface area contributed by atoms with Crippen molar-refractivity contribution < 1.29 is 4.74 Å². The Morgan fingerprint density at radius 3 is 2.90 bits per heavy atom. The molecular formula is C14H21ClN4OS. The summed E-state index contributed by atoms with van der Waals surface area (Å²) in [4.78, 5) is 5.51. The van der Waals surface area contributed by atoms with Crippen LogP contribution in [0.25, 0.3) is 0 Å². The minimum absolute atomic E-state index is 0.0167. The van der Waals surface area contributed by atoms with Crippen LogP contribution in [-0.4, -0.2) is 35.0 Å². The predicted molar refractivity (Wildman–Crippen MR) is 86.1 cm³/mol. The molecule has 0 bridgehead atoms. The fourth-order valence-electron chi connectivity index (χ4n) is 2.15. The van der Waals surface area contributed by atoms with Crippen LogP contribution < -0.4 is 5.32 Å². The number of halogens is 1. The summed E-state index contributed by atoms with van der Waals surface area (Å²) in [6, 6.07) is 0.0167. The Balaban J connectivity index is 2.33. The fraction of sp³-hybridized carbons (Fsp3) is 0.571. The Kier molecular flexibility index (Phi) is 6.17. The normalized spacial score (nSPS) is 12.8. The zero-order valence-electron chi connectivity index (χ0n) is 12.6. The van der Waals surface area contributed by atoms with Crippen LogP contribution in [0, 0.1) is 6.92 Å². The van der Waals surface area contributed by atoms with Crippen LogP contribution in [0.4, 0.5) is 0 Å². The lowest BCUT2D eigenvalue weighted by atomic mass is 10.1. The van der Waals surface area contributed by atoms with Crippen molar-refractivity contribution in [2.45, 2.75) is 32.9 Å². The van der Waals surface area contributed by atoms with Crippen LogP contribution in [-0.2, 0) is 11.3 Å². The van der Waals surface area contributed by atoms with E-state index in [0.29, 0.717) is 18.2 Å². The Bertz CT molecular complexity index is 569. The molecule has 0 aliphatic carbocycles. The molecule has 0 radical (unpaired) electrons. The maximum absolute atomic E-state index is 6.37. The average Bonchev–Trinajstić information content (AvgIpc) is 3.05. The SMILES string of the molecule is CCCNC(c1cnc(C)s1)c1c(Cl)cnn1CCOC. The van der Waals surface area contributed by atoms with Gasteiger partial charge in [0.25, 0.3) is 0 Å². The van der Waals surface area contributed by atoms with Crippen molar-refractivity contribution in [3.05, 3.63) is 33.0 Å². The third kappa shape index (κ3) is 4.03. The van der Waals surface area contributed by atoms with Crippen LogP contribution in [0.2, 0.25) is 5.02 Å². The number of methoxy groups -OCH3 is 1. The molecule has 5 nitrogen and oxygen atoms in total. The maximum Gasteiger partial charge on any atom is 0.0897 e. The summed E-state index contributed by atoms with van der Waals surface area (Å²) in [6.45, 7) is 6.35. The largest absolute Gasteiger partial charge is 0.383 e. The molecule has 7 heteroatoms. The molecule has 2 aromatic rings. The van der Waals surface area contributed by atoms with Gasteiger partial charge in [0.15, 0.2) is 0 Å². The second-order valence-corrected chi connectivity index (χ2v) is 6.44. The average molecular weight is 329 g/mol. The first-order chi connectivity index (χ1) is 10.2. The topological polar surface area (TPSA) is 52.0 Å². The number of nitrogens with zero attached hydrogens (tertiary/aromatic N) is 3. The molecule has 0 aromatic carbocycles. The molecule has 0 fully saturated rings. The van der Waals surface area contributed by atoms with Gasteiger partial charge < -0.3 is 10.1 Å². The highest BCUT2D eigenvalue weighted by Gasteiger charge is 2.23. The van der Waals surface area contributed by atoms with E-state index in [9.17, 15) is 0 Å². The first kappa shape index (κ1) is 16.4. The van der Waals surface area contributed by atoms with Gasteiger partial charge >= 0.3 is 0 Å². The molecule has 0 saturated heterocycles. The molecule has 2 rings (SSSR count). The zero-order valence-corrected chi connectivity index (χ0v) is 14.2. The third-order valence-electron chi connectivity index (χ3n) is 3.14. The standard InChI is InChI=1S/C14H21ClN4OS/c1-4-5-16-13(12-9-17-10(2)21-12)14-11(15)8-18-19(14)6-7-20-3/h8-9,13,16H,4-7H2,1-3H3. The van der Waals surface area contributed by atoms with Crippen molar-refractivity contribution in [2.24, 2.45) is 0 Å². The van der Waals surface area contributed by atoms with E-state index >= 15 is 0 Å². The van der Waals surface area contributed by atoms with Crippen LogP contribution in [0.1, 0.15) is 35.0 Å². The molecule has 1 atom stereocenters. The van der Waals surface area contributed by atoms with Gasteiger partial charge in [-0.25, -0.2) is 4.98 Å². The van der Waals surface area contributed by atoms with Crippen molar-refractivity contribution in [3.63, 3.8) is 0 Å². The lowest BCUT2D eigenvalue weighted by Gasteiger charge is -2.19. The van der Waals surface area contributed by atoms with Crippen molar-refractivity contribution in [3.8, 4) is 0 Å². The summed E-state index contributed by atoms with van der Waals surface area (Å²) in [7, 11) is 1.68. The summed E-state index contributed by atoms with van der Waals surface area (Å²) in [5.74, 6) is 0. The summed E-state index contributed by atoms with van der Waals surface area (Å²) in [5.41, 5.74) is 0.978. The van der Waals surface area contributed by atoms with Crippen molar-refractivity contribution in [1.82, 2.24) is 20.1 Å². The Morgan fingerprint density at radius 1 is 1.48 bits per heavy atom. The Morgan fingerprint density at radius 2 is 2.29 bits per heavy atom. The molecule has 0 aliphatic rings. The third-order valence-corrected chi connectivity index (χ3v) is 4.40. The summed E-state index contributed by atoms with van der Waals surface area (Å²) >= 11 is 8.06. The molecule has 2 aromatic heterocycles. The van der Waals surface area contributed by atoms with E-state index in [4.69, 9.17) is 16.3 Å². The van der Waals surface area contributed by atoms with Crippen LogP contribution in [0.5, 0.6) is 0 Å². The first-order valence-corrected chi connectivity index (χ1v) is 8.22. The molecule has 2 heterocycles. The number of hydrogen-bond acceptors (Lipinski definition) is 5. The Labute approximate surface area is 134 Å². The monoisotopic (exact) mass is 328 g/mol. The van der Waals surface area contributed by atoms with Gasteiger partial charge in [-0.2, -0.15) is 5.10 Å². The first-order valence-electron chi connectivity index (χ1n) is 7.03. The molecule has 1 unspecified atom stereocenters. The van der Waals surface area contributed by atoms with Gasteiger partial charge in [-0.05, 0) is 19.9 Å². The fourth-order valence-corrected chi connectivity index (χ4v) is 3.26. The second kappa shape index (κ2) is 7.89. The van der Waals surface area contributed by atoms with Gasteiger partial charge in [0.05, 0.1) is 41.1 Å². The highest BCUT2D eigenvalue weighted by atomic mass is 35.5.